The van der Waals surface area contributed by atoms with Crippen molar-refractivity contribution in [2.75, 3.05) is 41.3 Å². The maximum absolute atomic E-state index is 13.5. The molecule has 0 radical (unpaired) electrons. The number of aliphatic carboxylic acids is 1. The number of benzene rings is 6. The molecule has 3 aromatic heterocycles. The molecule has 9 aromatic rings. The summed E-state index contributed by atoms with van der Waals surface area (Å²) in [6.45, 7) is 0. The number of carbonyl (C=O) groups is 5. The average molecular weight is 1360 g/mol. The zero-order valence-corrected chi connectivity index (χ0v) is 52.6. The average Bonchev–Trinajstić information content (AvgIpc) is 2.43. The zero-order valence-electron chi connectivity index (χ0n) is 46.0. The Morgan fingerprint density at radius 1 is 0.580 bits per heavy atom. The highest BCUT2D eigenvalue weighted by Gasteiger charge is 2.23. The quantitative estimate of drug-likeness (QED) is 0.0247. The second kappa shape index (κ2) is 34.4. The first-order valence-corrected chi connectivity index (χ1v) is 29.9. The van der Waals surface area contributed by atoms with Gasteiger partial charge in [0.25, 0.3) is 5.91 Å². The van der Waals surface area contributed by atoms with Crippen molar-refractivity contribution in [3.8, 4) is 34.5 Å². The number of carboxylic acid groups (broad SMARTS) is 2. The number of phenols is 1. The number of carbonyl (C=O) groups excluding carboxylic acids is 3. The first-order chi connectivity index (χ1) is 41.9. The summed E-state index contributed by atoms with van der Waals surface area (Å²) in [6.07, 6.45) is 3.04. The standard InChI is InChI=1S/C11H8FNO2S2.C10H7FO3S.C10H9FO3S.C9H7FOS.C8H7FO2.C8H5FOS.C3H3NOS2/c1-15-7-2-3-8(12)6(4-7)5-9-10(14)13-11(16)17-9;1-14-7-3-2-6(11)5-4-8(10(12)13)15-9(5)7;1-14-7-2-3-8(11)6(4-7)5-9(15)10(12)13;1-11-8-3-2-7(10)6-4-5-12-9(6)8;1-11-7-2-3-8(9)6(4-7)5-10;9-6-1-2-7(10)8-5(6)3-4-11-8;5-2-1-7-3(6)4-2/h2-5H,1H3,(H,13,14,16);2-4H,1H3,(H,12,13);2-5,15H,1H3,(H,12,13);2-5H,1H3;2-5H,1H3;1-4,10H;1H2,(H,4,5,6)/b9-5-;;9-5-;;;;. The summed E-state index contributed by atoms with van der Waals surface area (Å²) < 4.78 is 106. The SMILES string of the molecule is COc1ccc(F)c(/C=C(\S)C(=O)O)c1.COc1ccc(F)c(/C=C2\SC(=S)NC2=O)c1.COc1ccc(F)c(C=O)c1.COc1ccc(F)c2cc(C(=O)O)sc12.COc1ccc(F)c2ccsc12.O=C1CSC(=S)N1.Oc1ccc(F)c2ccsc12. The summed E-state index contributed by atoms with van der Waals surface area (Å²) in [6, 6.07) is 25.6. The molecule has 0 unspecified atom stereocenters. The zero-order chi connectivity index (χ0) is 64.8. The van der Waals surface area contributed by atoms with Crippen molar-refractivity contribution in [3.05, 3.63) is 186 Å². The van der Waals surface area contributed by atoms with Crippen molar-refractivity contribution in [2.45, 2.75) is 0 Å². The van der Waals surface area contributed by atoms with E-state index in [2.05, 4.69) is 35.5 Å². The van der Waals surface area contributed by atoms with Crippen LogP contribution in [0.25, 0.3) is 42.4 Å². The summed E-state index contributed by atoms with van der Waals surface area (Å²) in [5.74, 6) is -1.57. The van der Waals surface area contributed by atoms with Crippen molar-refractivity contribution in [3.63, 3.8) is 0 Å². The van der Waals surface area contributed by atoms with Gasteiger partial charge in [0.05, 0.1) is 70.8 Å². The van der Waals surface area contributed by atoms with Crippen LogP contribution in [0.4, 0.5) is 26.3 Å². The van der Waals surface area contributed by atoms with E-state index < -0.39 is 35.2 Å². The van der Waals surface area contributed by atoms with Gasteiger partial charge in [-0.3, -0.25) is 14.4 Å². The van der Waals surface area contributed by atoms with Crippen molar-refractivity contribution in [1.29, 1.82) is 0 Å². The molecule has 460 valence electrons. The normalized spacial score (nSPS) is 12.6. The molecule has 0 atom stereocenters. The van der Waals surface area contributed by atoms with E-state index in [0.717, 1.165) is 39.6 Å². The van der Waals surface area contributed by atoms with E-state index in [1.165, 1.54) is 160 Å². The Labute approximate surface area is 534 Å². The number of thiol groups is 1. The smallest absolute Gasteiger partial charge is 0.345 e. The van der Waals surface area contributed by atoms with Gasteiger partial charge in [-0.25, -0.2) is 35.9 Å². The van der Waals surface area contributed by atoms with Crippen LogP contribution in [0.2, 0.25) is 0 Å². The number of hydrogen-bond donors (Lipinski definition) is 6. The lowest BCUT2D eigenvalue weighted by atomic mass is 10.2. The van der Waals surface area contributed by atoms with E-state index in [4.69, 9.17) is 46.1 Å². The molecule has 2 saturated heterocycles. The fourth-order valence-electron chi connectivity index (χ4n) is 6.85. The fraction of sp³-hybridized carbons (Fsp3) is 0.102. The highest BCUT2D eigenvalue weighted by molar-refractivity contribution is 8.27. The van der Waals surface area contributed by atoms with Gasteiger partial charge in [0.15, 0.2) is 6.29 Å². The number of phenolic OH excluding ortho intramolecular Hbond substituents is 1. The predicted octanol–water partition coefficient (Wildman–Crippen LogP) is 14.8. The molecule has 0 bridgehead atoms. The summed E-state index contributed by atoms with van der Waals surface area (Å²) in [4.78, 5) is 53.3. The number of hydrogen-bond acceptors (Lipinski definition) is 19. The highest BCUT2D eigenvalue weighted by Crippen LogP contribution is 2.36. The third-order valence-electron chi connectivity index (χ3n) is 11.1. The van der Waals surface area contributed by atoms with E-state index in [9.17, 15) is 55.4 Å². The largest absolute Gasteiger partial charge is 0.506 e. The minimum atomic E-state index is -1.21. The van der Waals surface area contributed by atoms with E-state index in [1.54, 1.807) is 30.7 Å². The number of amides is 2. The van der Waals surface area contributed by atoms with Crippen LogP contribution >= 0.6 is 94.6 Å². The predicted molar refractivity (Wildman–Crippen MR) is 345 cm³/mol. The molecule has 11 rings (SSSR count). The molecule has 0 spiro atoms. The van der Waals surface area contributed by atoms with E-state index in [0.29, 0.717) is 74.3 Å². The van der Waals surface area contributed by atoms with Crippen LogP contribution in [0.15, 0.2) is 130 Å². The summed E-state index contributed by atoms with van der Waals surface area (Å²) in [7, 11) is 7.46. The number of nitrogens with one attached hydrogen (secondary N) is 2. The second-order valence-corrected chi connectivity index (χ2v) is 23.4. The molecule has 2 aliphatic rings. The number of thiocarbonyl (C=S) groups is 2. The molecular formula is C59H46F6N2O13S8. The molecule has 15 nitrogen and oxygen atoms in total. The lowest BCUT2D eigenvalue weighted by Gasteiger charge is -2.02. The molecule has 2 amide bonds. The van der Waals surface area contributed by atoms with E-state index in [-0.39, 0.29) is 55.5 Å². The van der Waals surface area contributed by atoms with Crippen molar-refractivity contribution >= 4 is 176 Å². The number of fused-ring (bicyclic) bond motifs is 3. The summed E-state index contributed by atoms with van der Waals surface area (Å²) >= 11 is 19.5. The Hall–Kier alpha value is -8.16. The van der Waals surface area contributed by atoms with E-state index in [1.807, 2.05) is 5.38 Å². The van der Waals surface area contributed by atoms with Crippen LogP contribution in [-0.4, -0.2) is 95.3 Å². The fourth-order valence-corrected chi connectivity index (χ4v) is 11.6. The third kappa shape index (κ3) is 20.2. The van der Waals surface area contributed by atoms with Gasteiger partial charge in [-0.1, -0.05) is 48.0 Å². The lowest BCUT2D eigenvalue weighted by Crippen LogP contribution is -2.18. The van der Waals surface area contributed by atoms with Gasteiger partial charge in [-0.05, 0) is 132 Å². The maximum Gasteiger partial charge on any atom is 0.345 e. The van der Waals surface area contributed by atoms with Gasteiger partial charge in [0, 0.05) is 27.3 Å². The Bertz CT molecular complexity index is 4050. The Morgan fingerprint density at radius 2 is 1.06 bits per heavy atom. The molecule has 5 N–H and O–H groups in total. The van der Waals surface area contributed by atoms with Crippen LogP contribution in [-0.2, 0) is 14.4 Å². The number of methoxy groups -OCH3 is 5. The molecule has 5 heterocycles. The van der Waals surface area contributed by atoms with Crippen LogP contribution in [0.3, 0.4) is 0 Å². The van der Waals surface area contributed by atoms with Gasteiger partial charge >= 0.3 is 11.9 Å². The molecule has 0 aliphatic carbocycles. The van der Waals surface area contributed by atoms with Crippen LogP contribution in [0, 0.1) is 34.9 Å². The number of aromatic hydroxyl groups is 1. The monoisotopic (exact) mass is 1360 g/mol. The molecular weight excluding hydrogens is 1320 g/mol. The Balaban J connectivity index is 0.000000189. The second-order valence-electron chi connectivity index (χ2n) is 16.6. The molecule has 6 aromatic carbocycles. The van der Waals surface area contributed by atoms with Gasteiger partial charge < -0.3 is 49.6 Å². The van der Waals surface area contributed by atoms with Crippen molar-refractivity contribution in [1.82, 2.24) is 10.6 Å². The topological polar surface area (TPSA) is 216 Å². The molecule has 88 heavy (non-hydrogen) atoms. The van der Waals surface area contributed by atoms with Gasteiger partial charge in [0.2, 0.25) is 5.91 Å². The lowest BCUT2D eigenvalue weighted by molar-refractivity contribution is -0.131. The first-order valence-electron chi connectivity index (χ1n) is 24.3. The van der Waals surface area contributed by atoms with E-state index >= 15 is 0 Å². The maximum atomic E-state index is 13.5. The van der Waals surface area contributed by atoms with Crippen molar-refractivity contribution < 1.29 is 89.3 Å². The number of aromatic carboxylic acids is 1. The van der Waals surface area contributed by atoms with Gasteiger partial charge in [-0.2, -0.15) is 0 Å². The van der Waals surface area contributed by atoms with Crippen LogP contribution in [0.1, 0.15) is 31.2 Å². The molecule has 29 heteroatoms. The number of aldehydes is 1. The van der Waals surface area contributed by atoms with Crippen LogP contribution in [0.5, 0.6) is 34.5 Å². The highest BCUT2D eigenvalue weighted by atomic mass is 32.2. The summed E-state index contributed by atoms with van der Waals surface area (Å²) in [5, 5.41) is 36.6. The number of thioether (sulfide) groups is 2. The number of halogens is 6. The van der Waals surface area contributed by atoms with Gasteiger partial charge in [-0.15, -0.1) is 46.6 Å². The molecule has 0 saturated carbocycles. The number of ether oxygens (including phenoxy) is 5. The molecule has 2 aliphatic heterocycles. The number of rotatable bonds is 10. The minimum Gasteiger partial charge on any atom is -0.506 e. The Morgan fingerprint density at radius 3 is 1.51 bits per heavy atom. The van der Waals surface area contributed by atoms with Crippen LogP contribution < -0.4 is 34.3 Å². The van der Waals surface area contributed by atoms with Gasteiger partial charge in [0.1, 0.15) is 82.9 Å². The first kappa shape index (κ1) is 70.6. The molecule has 2 fully saturated rings. The summed E-state index contributed by atoms with van der Waals surface area (Å²) in [5.41, 5.74) is 0.442. The minimum absolute atomic E-state index is 0.0179. The number of carboxylic acids is 2. The third-order valence-corrected chi connectivity index (χ3v) is 16.8. The number of thiophene rings is 3. The van der Waals surface area contributed by atoms with Crippen molar-refractivity contribution in [2.24, 2.45) is 0 Å². The Kier molecular flexibility index (Phi) is 27.6.